The van der Waals surface area contributed by atoms with Gasteiger partial charge in [0.25, 0.3) is 0 Å². The molecular weight excluding hydrogens is 350 g/mol. The lowest BCUT2D eigenvalue weighted by atomic mass is 10.2. The van der Waals surface area contributed by atoms with Gasteiger partial charge in [-0.3, -0.25) is 4.79 Å². The van der Waals surface area contributed by atoms with Crippen LogP contribution in [-0.2, 0) is 22.6 Å². The molecule has 0 bridgehead atoms. The standard InChI is InChI=1S/C16H18BrNO4/c1-2-20-16(19)14(18)9-11-7-8-12(22-11)10-21-15-6-4-3-5-13(15)17/h3-8,14H,2,9-10,18H2,1H3. The van der Waals surface area contributed by atoms with Gasteiger partial charge in [0, 0.05) is 6.42 Å². The number of furan rings is 1. The van der Waals surface area contributed by atoms with Crippen molar-refractivity contribution in [3.63, 3.8) is 0 Å². The van der Waals surface area contributed by atoms with Gasteiger partial charge in [0.2, 0.25) is 0 Å². The highest BCUT2D eigenvalue weighted by Gasteiger charge is 2.17. The number of carbonyl (C=O) groups excluding carboxylic acids is 1. The fraction of sp³-hybridized carbons (Fsp3) is 0.312. The van der Waals surface area contributed by atoms with Crippen molar-refractivity contribution in [2.45, 2.75) is 26.0 Å². The van der Waals surface area contributed by atoms with Crippen LogP contribution in [0.2, 0.25) is 0 Å². The predicted molar refractivity (Wildman–Crippen MR) is 85.5 cm³/mol. The molecule has 0 saturated carbocycles. The van der Waals surface area contributed by atoms with Gasteiger partial charge in [-0.1, -0.05) is 12.1 Å². The molecule has 2 rings (SSSR count). The number of esters is 1. The Morgan fingerprint density at radius 3 is 2.73 bits per heavy atom. The van der Waals surface area contributed by atoms with Gasteiger partial charge in [0.15, 0.2) is 0 Å². The van der Waals surface area contributed by atoms with Crippen LogP contribution in [0.25, 0.3) is 0 Å². The second-order valence-electron chi connectivity index (χ2n) is 4.65. The SMILES string of the molecule is CCOC(=O)C(N)Cc1ccc(COc2ccccc2Br)o1. The van der Waals surface area contributed by atoms with Crippen LogP contribution >= 0.6 is 15.9 Å². The van der Waals surface area contributed by atoms with Crippen LogP contribution in [0.3, 0.4) is 0 Å². The number of hydrogen-bond acceptors (Lipinski definition) is 5. The lowest BCUT2D eigenvalue weighted by Crippen LogP contribution is -2.34. The van der Waals surface area contributed by atoms with Crippen LogP contribution in [-0.4, -0.2) is 18.6 Å². The first-order valence-electron chi connectivity index (χ1n) is 6.97. The Balaban J connectivity index is 1.89. The lowest BCUT2D eigenvalue weighted by molar-refractivity contribution is -0.144. The van der Waals surface area contributed by atoms with E-state index in [4.69, 9.17) is 19.6 Å². The van der Waals surface area contributed by atoms with Gasteiger partial charge < -0.3 is 19.6 Å². The third-order valence-electron chi connectivity index (χ3n) is 2.93. The molecule has 1 aromatic heterocycles. The highest BCUT2D eigenvalue weighted by atomic mass is 79.9. The third kappa shape index (κ3) is 4.61. The Morgan fingerprint density at radius 2 is 2.00 bits per heavy atom. The minimum atomic E-state index is -0.719. The topological polar surface area (TPSA) is 74.7 Å². The van der Waals surface area contributed by atoms with Crippen molar-refractivity contribution >= 4 is 21.9 Å². The third-order valence-corrected chi connectivity index (χ3v) is 3.59. The zero-order valence-electron chi connectivity index (χ0n) is 12.3. The molecule has 118 valence electrons. The molecule has 1 atom stereocenters. The van der Waals surface area contributed by atoms with E-state index >= 15 is 0 Å². The zero-order chi connectivity index (χ0) is 15.9. The summed E-state index contributed by atoms with van der Waals surface area (Å²) in [4.78, 5) is 11.5. The highest BCUT2D eigenvalue weighted by Crippen LogP contribution is 2.25. The van der Waals surface area contributed by atoms with Crippen LogP contribution in [0.4, 0.5) is 0 Å². The Hall–Kier alpha value is -1.79. The van der Waals surface area contributed by atoms with E-state index in [0.29, 0.717) is 31.2 Å². The van der Waals surface area contributed by atoms with E-state index in [1.165, 1.54) is 0 Å². The number of hydrogen-bond donors (Lipinski definition) is 1. The molecule has 0 aliphatic carbocycles. The molecule has 5 nitrogen and oxygen atoms in total. The van der Waals surface area contributed by atoms with Crippen LogP contribution in [0.5, 0.6) is 5.75 Å². The van der Waals surface area contributed by atoms with Crippen LogP contribution < -0.4 is 10.5 Å². The average molecular weight is 368 g/mol. The second-order valence-corrected chi connectivity index (χ2v) is 5.50. The normalized spacial score (nSPS) is 12.0. The van der Waals surface area contributed by atoms with Gasteiger partial charge in [0.1, 0.15) is 29.9 Å². The van der Waals surface area contributed by atoms with Crippen molar-refractivity contribution in [1.82, 2.24) is 0 Å². The maximum atomic E-state index is 11.5. The predicted octanol–water partition coefficient (Wildman–Crippen LogP) is 3.05. The zero-order valence-corrected chi connectivity index (χ0v) is 13.8. The number of rotatable bonds is 7. The number of ether oxygens (including phenoxy) is 2. The maximum Gasteiger partial charge on any atom is 0.323 e. The van der Waals surface area contributed by atoms with Crippen molar-refractivity contribution in [3.8, 4) is 5.75 Å². The molecule has 2 N–H and O–H groups in total. The minimum Gasteiger partial charge on any atom is -0.484 e. The van der Waals surface area contributed by atoms with E-state index in [9.17, 15) is 4.79 Å². The molecule has 1 aromatic carbocycles. The number of halogens is 1. The minimum absolute atomic E-state index is 0.299. The largest absolute Gasteiger partial charge is 0.484 e. The smallest absolute Gasteiger partial charge is 0.323 e. The summed E-state index contributed by atoms with van der Waals surface area (Å²) in [6.45, 7) is 2.36. The number of benzene rings is 1. The van der Waals surface area contributed by atoms with Gasteiger partial charge >= 0.3 is 5.97 Å². The van der Waals surface area contributed by atoms with Gasteiger partial charge in [0.05, 0.1) is 11.1 Å². The summed E-state index contributed by atoms with van der Waals surface area (Å²) in [5.41, 5.74) is 5.76. The van der Waals surface area contributed by atoms with E-state index in [1.54, 1.807) is 13.0 Å². The number of para-hydroxylation sites is 1. The molecule has 0 amide bonds. The van der Waals surface area contributed by atoms with Crippen molar-refractivity contribution < 1.29 is 18.7 Å². The van der Waals surface area contributed by atoms with E-state index in [-0.39, 0.29) is 0 Å². The molecule has 0 spiro atoms. The monoisotopic (exact) mass is 367 g/mol. The van der Waals surface area contributed by atoms with E-state index in [2.05, 4.69) is 15.9 Å². The average Bonchev–Trinajstić information content (AvgIpc) is 2.94. The Morgan fingerprint density at radius 1 is 1.27 bits per heavy atom. The van der Waals surface area contributed by atoms with Crippen molar-refractivity contribution in [2.75, 3.05) is 6.61 Å². The van der Waals surface area contributed by atoms with Crippen molar-refractivity contribution in [2.24, 2.45) is 5.73 Å². The first-order chi connectivity index (χ1) is 10.6. The van der Waals surface area contributed by atoms with E-state index in [0.717, 1.165) is 10.2 Å². The Labute approximate surface area is 137 Å². The first kappa shape index (κ1) is 16.6. The molecule has 0 radical (unpaired) electrons. The second kappa shape index (κ2) is 8.00. The molecule has 1 unspecified atom stereocenters. The molecule has 0 aliphatic rings. The Bertz CT molecular complexity index is 626. The summed E-state index contributed by atoms with van der Waals surface area (Å²) in [5.74, 6) is 1.61. The maximum absolute atomic E-state index is 11.5. The molecule has 2 aromatic rings. The summed E-state index contributed by atoms with van der Waals surface area (Å²) < 4.78 is 17.0. The summed E-state index contributed by atoms with van der Waals surface area (Å²) in [5, 5.41) is 0. The molecular formula is C16H18BrNO4. The van der Waals surface area contributed by atoms with Crippen molar-refractivity contribution in [1.29, 1.82) is 0 Å². The first-order valence-corrected chi connectivity index (χ1v) is 7.76. The van der Waals surface area contributed by atoms with Gasteiger partial charge in [-0.25, -0.2) is 0 Å². The molecule has 22 heavy (non-hydrogen) atoms. The Kier molecular flexibility index (Phi) is 6.03. The lowest BCUT2D eigenvalue weighted by Gasteiger charge is -2.08. The fourth-order valence-electron chi connectivity index (χ4n) is 1.87. The fourth-order valence-corrected chi connectivity index (χ4v) is 2.27. The van der Waals surface area contributed by atoms with Crippen molar-refractivity contribution in [3.05, 3.63) is 52.4 Å². The molecule has 0 saturated heterocycles. The highest BCUT2D eigenvalue weighted by molar-refractivity contribution is 9.10. The molecule has 6 heteroatoms. The summed E-state index contributed by atoms with van der Waals surface area (Å²) in [6, 6.07) is 10.5. The molecule has 1 heterocycles. The van der Waals surface area contributed by atoms with Crippen LogP contribution in [0.15, 0.2) is 45.3 Å². The summed E-state index contributed by atoms with van der Waals surface area (Å²) in [6.07, 6.45) is 0.299. The molecule has 0 fully saturated rings. The summed E-state index contributed by atoms with van der Waals surface area (Å²) in [7, 11) is 0. The summed E-state index contributed by atoms with van der Waals surface area (Å²) >= 11 is 3.41. The van der Waals surface area contributed by atoms with Gasteiger partial charge in [-0.2, -0.15) is 0 Å². The van der Waals surface area contributed by atoms with Gasteiger partial charge in [-0.15, -0.1) is 0 Å². The van der Waals surface area contributed by atoms with Crippen LogP contribution in [0.1, 0.15) is 18.4 Å². The number of carbonyl (C=O) groups is 1. The van der Waals surface area contributed by atoms with Crippen LogP contribution in [0, 0.1) is 0 Å². The quantitative estimate of drug-likeness (QED) is 0.761. The number of nitrogens with two attached hydrogens (primary N) is 1. The molecule has 0 aliphatic heterocycles. The van der Waals surface area contributed by atoms with E-state index < -0.39 is 12.0 Å². The van der Waals surface area contributed by atoms with E-state index in [1.807, 2.05) is 30.3 Å². The van der Waals surface area contributed by atoms with Gasteiger partial charge in [-0.05, 0) is 47.1 Å².